The van der Waals surface area contributed by atoms with Crippen LogP contribution in [0, 0.1) is 6.92 Å². The summed E-state index contributed by atoms with van der Waals surface area (Å²) in [5.41, 5.74) is 2.79. The number of amides is 2. The van der Waals surface area contributed by atoms with Crippen LogP contribution in [0.25, 0.3) is 10.2 Å². The van der Waals surface area contributed by atoms with Crippen LogP contribution in [0.5, 0.6) is 0 Å². The Labute approximate surface area is 149 Å². The van der Waals surface area contributed by atoms with Gasteiger partial charge in [0.15, 0.2) is 0 Å². The molecule has 128 valence electrons. The van der Waals surface area contributed by atoms with Gasteiger partial charge in [0.1, 0.15) is 6.33 Å². The van der Waals surface area contributed by atoms with Gasteiger partial charge in [-0.05, 0) is 44.0 Å². The molecule has 7 heteroatoms. The van der Waals surface area contributed by atoms with Crippen LogP contribution in [0.4, 0.5) is 10.5 Å². The van der Waals surface area contributed by atoms with Gasteiger partial charge in [0.2, 0.25) is 0 Å². The maximum atomic E-state index is 12.7. The number of aryl methyl sites for hydroxylation is 1. The summed E-state index contributed by atoms with van der Waals surface area (Å²) in [4.78, 5) is 27.3. The average molecular weight is 353 g/mol. The van der Waals surface area contributed by atoms with Gasteiger partial charge in [-0.3, -0.25) is 0 Å². The minimum absolute atomic E-state index is 0.0562. The van der Waals surface area contributed by atoms with Gasteiger partial charge in [-0.2, -0.15) is 0 Å². The van der Waals surface area contributed by atoms with Gasteiger partial charge >= 0.3 is 6.03 Å². The molecule has 0 spiro atoms. The number of hydrogen-bond donors (Lipinski definition) is 1. The number of likely N-dealkylation sites (tertiary alicyclic amines) is 1. The van der Waals surface area contributed by atoms with Crippen molar-refractivity contribution in [3.05, 3.63) is 47.5 Å². The lowest BCUT2D eigenvalue weighted by Gasteiger charge is -2.32. The van der Waals surface area contributed by atoms with Gasteiger partial charge in [-0.15, -0.1) is 11.3 Å². The molecule has 1 aliphatic rings. The van der Waals surface area contributed by atoms with Gasteiger partial charge in [0.05, 0.1) is 15.2 Å². The number of rotatable bonds is 2. The summed E-state index contributed by atoms with van der Waals surface area (Å²) >= 11 is 1.64. The first-order valence-electron chi connectivity index (χ1n) is 8.38. The zero-order valence-electron chi connectivity index (χ0n) is 14.0. The molecular formula is C18H19N5OS. The molecule has 6 nitrogen and oxygen atoms in total. The maximum absolute atomic E-state index is 12.7. The number of benzene rings is 1. The van der Waals surface area contributed by atoms with E-state index in [1.165, 1.54) is 0 Å². The molecule has 3 aromatic rings. The summed E-state index contributed by atoms with van der Waals surface area (Å²) in [6, 6.07) is 7.73. The van der Waals surface area contributed by atoms with Crippen molar-refractivity contribution in [3.8, 4) is 0 Å². The molecule has 2 amide bonds. The van der Waals surface area contributed by atoms with E-state index < -0.39 is 0 Å². The molecule has 2 aromatic heterocycles. The van der Waals surface area contributed by atoms with Crippen molar-refractivity contribution in [2.75, 3.05) is 18.4 Å². The Morgan fingerprint density at radius 3 is 3.12 bits per heavy atom. The first-order chi connectivity index (χ1) is 12.2. The zero-order chi connectivity index (χ0) is 17.2. The lowest BCUT2D eigenvalue weighted by molar-refractivity contribution is 0.192. The summed E-state index contributed by atoms with van der Waals surface area (Å²) in [5, 5.41) is 4.05. The summed E-state index contributed by atoms with van der Waals surface area (Å²) < 4.78 is 1.09. The molecule has 1 aliphatic heterocycles. The van der Waals surface area contributed by atoms with Crippen molar-refractivity contribution in [1.29, 1.82) is 0 Å². The van der Waals surface area contributed by atoms with Crippen LogP contribution < -0.4 is 5.32 Å². The highest BCUT2D eigenvalue weighted by Crippen LogP contribution is 2.27. The summed E-state index contributed by atoms with van der Waals surface area (Å²) in [5.74, 6) is 0.272. The lowest BCUT2D eigenvalue weighted by atomic mass is 9.95. The van der Waals surface area contributed by atoms with Gasteiger partial charge in [-0.25, -0.2) is 19.7 Å². The van der Waals surface area contributed by atoms with Crippen LogP contribution in [0.2, 0.25) is 0 Å². The molecule has 0 radical (unpaired) electrons. The van der Waals surface area contributed by atoms with Gasteiger partial charge in [0, 0.05) is 36.6 Å². The van der Waals surface area contributed by atoms with E-state index in [1.807, 2.05) is 36.1 Å². The largest absolute Gasteiger partial charge is 0.324 e. The van der Waals surface area contributed by atoms with E-state index in [9.17, 15) is 4.79 Å². The number of hydrogen-bond acceptors (Lipinski definition) is 5. The summed E-state index contributed by atoms with van der Waals surface area (Å²) in [7, 11) is 0. The molecule has 0 unspecified atom stereocenters. The number of urea groups is 1. The lowest BCUT2D eigenvalue weighted by Crippen LogP contribution is -2.41. The second-order valence-corrected chi connectivity index (χ2v) is 7.50. The first-order valence-corrected chi connectivity index (χ1v) is 9.20. The normalized spacial score (nSPS) is 17.6. The predicted molar refractivity (Wildman–Crippen MR) is 99.0 cm³/mol. The SMILES string of the molecule is Cc1nc2ccc(NC(=O)N3CCC[C@@H](c4ccncn4)C3)cc2s1. The standard InChI is InChI=1S/C18H19N5OS/c1-12-21-16-5-4-14(9-17(16)25-12)22-18(24)23-8-2-3-13(10-23)15-6-7-19-11-20-15/h4-7,9,11,13H,2-3,8,10H2,1H3,(H,22,24)/t13-/m1/s1. The Bertz CT molecular complexity index is 895. The molecule has 0 saturated carbocycles. The van der Waals surface area contributed by atoms with Crippen LogP contribution in [-0.2, 0) is 0 Å². The Hall–Kier alpha value is -2.54. The Morgan fingerprint density at radius 1 is 1.36 bits per heavy atom. The third-order valence-electron chi connectivity index (χ3n) is 4.48. The number of carbonyl (C=O) groups excluding carboxylic acids is 1. The van der Waals surface area contributed by atoms with Crippen LogP contribution in [0.1, 0.15) is 29.5 Å². The average Bonchev–Trinajstić information content (AvgIpc) is 3.02. The number of aromatic nitrogens is 3. The molecule has 1 N–H and O–H groups in total. The molecule has 0 bridgehead atoms. The van der Waals surface area contributed by atoms with Gasteiger partial charge in [0.25, 0.3) is 0 Å². The molecule has 4 rings (SSSR count). The maximum Gasteiger partial charge on any atom is 0.321 e. The number of thiazole rings is 1. The van der Waals surface area contributed by atoms with Crippen molar-refractivity contribution >= 4 is 33.3 Å². The number of nitrogens with zero attached hydrogens (tertiary/aromatic N) is 4. The van der Waals surface area contributed by atoms with Crippen molar-refractivity contribution in [3.63, 3.8) is 0 Å². The van der Waals surface area contributed by atoms with E-state index in [1.54, 1.807) is 23.9 Å². The van der Waals surface area contributed by atoms with E-state index in [4.69, 9.17) is 0 Å². The number of nitrogens with one attached hydrogen (secondary N) is 1. The van der Waals surface area contributed by atoms with Crippen LogP contribution in [0.3, 0.4) is 0 Å². The minimum Gasteiger partial charge on any atom is -0.324 e. The smallest absolute Gasteiger partial charge is 0.321 e. The summed E-state index contributed by atoms with van der Waals surface area (Å²) in [6.45, 7) is 3.45. The zero-order valence-corrected chi connectivity index (χ0v) is 14.8. The van der Waals surface area contributed by atoms with Crippen molar-refractivity contribution < 1.29 is 4.79 Å². The van der Waals surface area contributed by atoms with Crippen molar-refractivity contribution in [2.24, 2.45) is 0 Å². The highest BCUT2D eigenvalue weighted by Gasteiger charge is 2.25. The van der Waals surface area contributed by atoms with Crippen LogP contribution in [0.15, 0.2) is 36.8 Å². The number of anilines is 1. The predicted octanol–water partition coefficient (Wildman–Crippen LogP) is 3.81. The Kier molecular flexibility index (Phi) is 4.31. The van der Waals surface area contributed by atoms with Crippen LogP contribution >= 0.6 is 11.3 Å². The molecule has 1 aromatic carbocycles. The third kappa shape index (κ3) is 3.46. The fourth-order valence-electron chi connectivity index (χ4n) is 3.27. The second-order valence-electron chi connectivity index (χ2n) is 6.26. The Balaban J connectivity index is 1.46. The molecule has 1 atom stereocenters. The molecule has 1 saturated heterocycles. The molecule has 1 fully saturated rings. The fourth-order valence-corrected chi connectivity index (χ4v) is 4.13. The highest BCUT2D eigenvalue weighted by molar-refractivity contribution is 7.18. The first kappa shape index (κ1) is 16.0. The van der Waals surface area contributed by atoms with E-state index in [0.29, 0.717) is 6.54 Å². The highest BCUT2D eigenvalue weighted by atomic mass is 32.1. The van der Waals surface area contributed by atoms with Gasteiger partial charge in [-0.1, -0.05) is 0 Å². The van der Waals surface area contributed by atoms with E-state index in [0.717, 1.165) is 46.0 Å². The third-order valence-corrected chi connectivity index (χ3v) is 5.41. The summed E-state index contributed by atoms with van der Waals surface area (Å²) in [6.07, 6.45) is 5.36. The molecule has 25 heavy (non-hydrogen) atoms. The second kappa shape index (κ2) is 6.76. The Morgan fingerprint density at radius 2 is 2.28 bits per heavy atom. The minimum atomic E-state index is -0.0562. The molecule has 0 aliphatic carbocycles. The molecule has 3 heterocycles. The fraction of sp³-hybridized carbons (Fsp3) is 0.333. The van der Waals surface area contributed by atoms with E-state index in [2.05, 4.69) is 20.3 Å². The van der Waals surface area contributed by atoms with Crippen molar-refractivity contribution in [1.82, 2.24) is 19.9 Å². The van der Waals surface area contributed by atoms with Crippen molar-refractivity contribution in [2.45, 2.75) is 25.7 Å². The van der Waals surface area contributed by atoms with Gasteiger partial charge < -0.3 is 10.2 Å². The quantitative estimate of drug-likeness (QED) is 0.760. The topological polar surface area (TPSA) is 71.0 Å². The number of piperidine rings is 1. The van der Waals surface area contributed by atoms with Crippen LogP contribution in [-0.4, -0.2) is 39.0 Å². The van der Waals surface area contributed by atoms with E-state index in [-0.39, 0.29) is 11.9 Å². The molecular weight excluding hydrogens is 334 g/mol. The number of fused-ring (bicyclic) bond motifs is 1. The van der Waals surface area contributed by atoms with E-state index >= 15 is 0 Å². The number of carbonyl (C=O) groups is 1. The monoisotopic (exact) mass is 353 g/mol.